The zero-order valence-corrected chi connectivity index (χ0v) is 18.7. The number of aromatic carboxylic acids is 1. The van der Waals surface area contributed by atoms with Crippen molar-refractivity contribution in [2.45, 2.75) is 46.5 Å². The SMILES string of the molecule is CCN(CC)CC.O=C(O)c1c(O)c(-c2ccccc2)nc2c3c(ccc12)CCCC3. The number of carboxylic acid groups (broad SMARTS) is 1. The molecule has 0 amide bonds. The maximum absolute atomic E-state index is 11.8. The van der Waals surface area contributed by atoms with Gasteiger partial charge in [-0.05, 0) is 56.4 Å². The Morgan fingerprint density at radius 3 is 2.19 bits per heavy atom. The van der Waals surface area contributed by atoms with Crippen LogP contribution in [0, 0.1) is 0 Å². The number of fused-ring (bicyclic) bond motifs is 3. The van der Waals surface area contributed by atoms with Gasteiger partial charge in [-0.25, -0.2) is 9.78 Å². The molecule has 0 unspecified atom stereocenters. The van der Waals surface area contributed by atoms with Gasteiger partial charge in [-0.2, -0.15) is 0 Å². The molecule has 5 nitrogen and oxygen atoms in total. The topological polar surface area (TPSA) is 73.7 Å². The number of pyridine rings is 1. The molecule has 164 valence electrons. The maximum Gasteiger partial charge on any atom is 0.340 e. The number of nitrogens with zero attached hydrogens (tertiary/aromatic N) is 2. The van der Waals surface area contributed by atoms with E-state index >= 15 is 0 Å². The highest BCUT2D eigenvalue weighted by atomic mass is 16.4. The largest absolute Gasteiger partial charge is 0.505 e. The average Bonchev–Trinajstić information content (AvgIpc) is 2.80. The van der Waals surface area contributed by atoms with Gasteiger partial charge in [-0.15, -0.1) is 0 Å². The van der Waals surface area contributed by atoms with Crippen LogP contribution in [0.5, 0.6) is 5.75 Å². The van der Waals surface area contributed by atoms with Crippen molar-refractivity contribution in [2.24, 2.45) is 0 Å². The summed E-state index contributed by atoms with van der Waals surface area (Å²) >= 11 is 0. The van der Waals surface area contributed by atoms with Crippen molar-refractivity contribution in [3.8, 4) is 17.0 Å². The van der Waals surface area contributed by atoms with Crippen molar-refractivity contribution < 1.29 is 15.0 Å². The van der Waals surface area contributed by atoms with Crippen molar-refractivity contribution in [3.05, 3.63) is 59.2 Å². The van der Waals surface area contributed by atoms with Crippen molar-refractivity contribution in [1.29, 1.82) is 0 Å². The van der Waals surface area contributed by atoms with E-state index in [9.17, 15) is 15.0 Å². The second-order valence-corrected chi connectivity index (χ2v) is 7.78. The molecule has 1 heterocycles. The van der Waals surface area contributed by atoms with Crippen LogP contribution in [0.1, 0.15) is 55.1 Å². The molecule has 2 N–H and O–H groups in total. The molecule has 1 aliphatic carbocycles. The normalized spacial score (nSPS) is 12.9. The minimum atomic E-state index is -1.13. The molecule has 0 spiro atoms. The van der Waals surface area contributed by atoms with Gasteiger partial charge in [0.05, 0.1) is 5.52 Å². The minimum absolute atomic E-state index is 0.0628. The molecule has 4 rings (SSSR count). The molecule has 0 radical (unpaired) electrons. The van der Waals surface area contributed by atoms with Gasteiger partial charge in [0.15, 0.2) is 5.75 Å². The average molecular weight is 421 g/mol. The van der Waals surface area contributed by atoms with Crippen LogP contribution < -0.4 is 0 Å². The summed E-state index contributed by atoms with van der Waals surface area (Å²) < 4.78 is 0. The number of carboxylic acids is 1. The molecular formula is C26H32N2O3. The Kier molecular flexibility index (Phi) is 7.64. The molecule has 2 aromatic carbocycles. The second kappa shape index (κ2) is 10.4. The van der Waals surface area contributed by atoms with Crippen LogP contribution >= 0.6 is 0 Å². The van der Waals surface area contributed by atoms with Gasteiger partial charge in [0.1, 0.15) is 11.3 Å². The predicted molar refractivity (Wildman–Crippen MR) is 126 cm³/mol. The number of hydrogen-bond acceptors (Lipinski definition) is 4. The third kappa shape index (κ3) is 4.88. The first kappa shape index (κ1) is 22.8. The zero-order valence-electron chi connectivity index (χ0n) is 18.7. The number of carbonyl (C=O) groups is 1. The van der Waals surface area contributed by atoms with Crippen molar-refractivity contribution in [1.82, 2.24) is 9.88 Å². The Hall–Kier alpha value is -2.92. The van der Waals surface area contributed by atoms with E-state index in [4.69, 9.17) is 0 Å². The van der Waals surface area contributed by atoms with Crippen LogP contribution in [0.15, 0.2) is 42.5 Å². The van der Waals surface area contributed by atoms with Gasteiger partial charge < -0.3 is 15.1 Å². The lowest BCUT2D eigenvalue weighted by atomic mass is 9.88. The standard InChI is InChI=1S/C20H17NO3.C6H15N/c22-19-16(20(23)24)15-11-10-12-6-4-5-9-14(12)18(15)21-17(19)13-7-2-1-3-8-13;1-4-7(5-2)6-3/h1-3,7-8,10-11,22H,4-6,9H2,(H,23,24);4-6H2,1-3H3. The van der Waals surface area contributed by atoms with Crippen LogP contribution in [-0.4, -0.2) is 45.7 Å². The third-order valence-corrected chi connectivity index (χ3v) is 6.06. The summed E-state index contributed by atoms with van der Waals surface area (Å²) in [5.41, 5.74) is 4.06. The first-order chi connectivity index (χ1) is 15.0. The lowest BCUT2D eigenvalue weighted by Crippen LogP contribution is -2.21. The summed E-state index contributed by atoms with van der Waals surface area (Å²) in [6, 6.07) is 13.0. The lowest BCUT2D eigenvalue weighted by Gasteiger charge is -2.19. The predicted octanol–water partition coefficient (Wildman–Crippen LogP) is 5.53. The van der Waals surface area contributed by atoms with Gasteiger partial charge in [0.25, 0.3) is 0 Å². The zero-order chi connectivity index (χ0) is 22.4. The molecule has 0 saturated heterocycles. The van der Waals surface area contributed by atoms with E-state index in [-0.39, 0.29) is 11.3 Å². The lowest BCUT2D eigenvalue weighted by molar-refractivity contribution is 0.0696. The monoisotopic (exact) mass is 420 g/mol. The molecule has 0 aliphatic heterocycles. The molecule has 0 bridgehead atoms. The van der Waals surface area contributed by atoms with Crippen molar-refractivity contribution in [2.75, 3.05) is 19.6 Å². The van der Waals surface area contributed by atoms with E-state index in [1.807, 2.05) is 36.4 Å². The van der Waals surface area contributed by atoms with Gasteiger partial charge in [0.2, 0.25) is 0 Å². The summed E-state index contributed by atoms with van der Waals surface area (Å²) in [6.07, 6.45) is 4.13. The first-order valence-electron chi connectivity index (χ1n) is 11.2. The molecule has 31 heavy (non-hydrogen) atoms. The Morgan fingerprint density at radius 1 is 0.968 bits per heavy atom. The van der Waals surface area contributed by atoms with E-state index in [2.05, 4.69) is 30.7 Å². The Labute approximate surface area is 184 Å². The van der Waals surface area contributed by atoms with Crippen LogP contribution in [-0.2, 0) is 12.8 Å². The quantitative estimate of drug-likeness (QED) is 0.567. The number of aromatic nitrogens is 1. The fraction of sp³-hybridized carbons (Fsp3) is 0.385. The molecule has 0 fully saturated rings. The summed E-state index contributed by atoms with van der Waals surface area (Å²) in [7, 11) is 0. The summed E-state index contributed by atoms with van der Waals surface area (Å²) in [5.74, 6) is -1.40. The highest BCUT2D eigenvalue weighted by Crippen LogP contribution is 2.38. The van der Waals surface area contributed by atoms with Gasteiger partial charge >= 0.3 is 5.97 Å². The van der Waals surface area contributed by atoms with Crippen LogP contribution in [0.25, 0.3) is 22.2 Å². The highest BCUT2D eigenvalue weighted by molar-refractivity contribution is 6.08. The number of rotatable bonds is 5. The number of aromatic hydroxyl groups is 1. The van der Waals surface area contributed by atoms with Crippen molar-refractivity contribution in [3.63, 3.8) is 0 Å². The Morgan fingerprint density at radius 2 is 1.61 bits per heavy atom. The van der Waals surface area contributed by atoms with E-state index in [0.717, 1.165) is 31.2 Å². The molecule has 0 saturated carbocycles. The summed E-state index contributed by atoms with van der Waals surface area (Å²) in [5, 5.41) is 20.7. The summed E-state index contributed by atoms with van der Waals surface area (Å²) in [6.45, 7) is 10.1. The van der Waals surface area contributed by atoms with E-state index in [0.29, 0.717) is 22.2 Å². The molecular weight excluding hydrogens is 388 g/mol. The molecule has 3 aromatic rings. The Bertz CT molecular complexity index is 1040. The highest BCUT2D eigenvalue weighted by Gasteiger charge is 2.24. The number of benzene rings is 2. The van der Waals surface area contributed by atoms with Crippen LogP contribution in [0.2, 0.25) is 0 Å². The van der Waals surface area contributed by atoms with E-state index in [1.165, 1.54) is 25.2 Å². The molecule has 1 aromatic heterocycles. The van der Waals surface area contributed by atoms with E-state index < -0.39 is 5.97 Å². The second-order valence-electron chi connectivity index (χ2n) is 7.78. The van der Waals surface area contributed by atoms with Crippen molar-refractivity contribution >= 4 is 16.9 Å². The Balaban J connectivity index is 0.000000339. The van der Waals surface area contributed by atoms with Gasteiger partial charge in [-0.3, -0.25) is 0 Å². The number of aryl methyl sites for hydroxylation is 2. The van der Waals surface area contributed by atoms with Crippen LogP contribution in [0.3, 0.4) is 0 Å². The first-order valence-corrected chi connectivity index (χ1v) is 11.2. The smallest absolute Gasteiger partial charge is 0.340 e. The third-order valence-electron chi connectivity index (χ3n) is 6.06. The minimum Gasteiger partial charge on any atom is -0.505 e. The van der Waals surface area contributed by atoms with E-state index in [1.54, 1.807) is 6.07 Å². The maximum atomic E-state index is 11.8. The fourth-order valence-electron chi connectivity index (χ4n) is 4.23. The molecule has 1 aliphatic rings. The molecule has 5 heteroatoms. The summed E-state index contributed by atoms with van der Waals surface area (Å²) in [4.78, 5) is 18.9. The number of hydrogen-bond donors (Lipinski definition) is 2. The van der Waals surface area contributed by atoms with Gasteiger partial charge in [0, 0.05) is 10.9 Å². The van der Waals surface area contributed by atoms with Gasteiger partial charge in [-0.1, -0.05) is 63.2 Å². The van der Waals surface area contributed by atoms with Crippen LogP contribution in [0.4, 0.5) is 0 Å². The fourth-order valence-corrected chi connectivity index (χ4v) is 4.23. The molecule has 0 atom stereocenters.